The van der Waals surface area contributed by atoms with Gasteiger partial charge in [-0.1, -0.05) is 12.1 Å². The Balaban J connectivity index is 2.76. The molecular weight excluding hydrogens is 196 g/mol. The number of carbonyl (C=O) groups is 1. The van der Waals surface area contributed by atoms with Crippen molar-refractivity contribution in [3.05, 3.63) is 29.3 Å². The maximum Gasteiger partial charge on any atom is 0.335 e. The molecule has 4 heteroatoms. The SMILES string of the molecule is COC(=O)C(O)Cc1ccc(C)cc1O. The Morgan fingerprint density at radius 2 is 2.20 bits per heavy atom. The van der Waals surface area contributed by atoms with Crippen LogP contribution in [0.4, 0.5) is 0 Å². The lowest BCUT2D eigenvalue weighted by molar-refractivity contribution is -0.150. The van der Waals surface area contributed by atoms with Gasteiger partial charge in [0.05, 0.1) is 7.11 Å². The van der Waals surface area contributed by atoms with Gasteiger partial charge in [0.15, 0.2) is 6.10 Å². The second-order valence-electron chi connectivity index (χ2n) is 3.38. The molecule has 1 unspecified atom stereocenters. The third kappa shape index (κ3) is 2.95. The minimum absolute atomic E-state index is 0.0544. The number of aliphatic hydroxyl groups excluding tert-OH is 1. The number of benzene rings is 1. The third-order valence-electron chi connectivity index (χ3n) is 2.13. The molecule has 0 aliphatic heterocycles. The monoisotopic (exact) mass is 210 g/mol. The second-order valence-corrected chi connectivity index (χ2v) is 3.38. The molecule has 0 amide bonds. The predicted molar refractivity (Wildman–Crippen MR) is 54.6 cm³/mol. The van der Waals surface area contributed by atoms with Crippen LogP contribution in [-0.2, 0) is 16.0 Å². The highest BCUT2D eigenvalue weighted by Gasteiger charge is 2.17. The first-order valence-corrected chi connectivity index (χ1v) is 4.59. The van der Waals surface area contributed by atoms with Gasteiger partial charge < -0.3 is 14.9 Å². The Hall–Kier alpha value is -1.55. The van der Waals surface area contributed by atoms with Gasteiger partial charge in [0.2, 0.25) is 0 Å². The molecule has 0 radical (unpaired) electrons. The van der Waals surface area contributed by atoms with Crippen LogP contribution in [0.25, 0.3) is 0 Å². The fraction of sp³-hybridized carbons (Fsp3) is 0.364. The van der Waals surface area contributed by atoms with E-state index in [1.807, 2.05) is 6.92 Å². The van der Waals surface area contributed by atoms with Gasteiger partial charge in [0, 0.05) is 6.42 Å². The van der Waals surface area contributed by atoms with Crippen LogP contribution < -0.4 is 0 Å². The second kappa shape index (κ2) is 4.79. The Bertz CT molecular complexity index is 360. The number of esters is 1. The smallest absolute Gasteiger partial charge is 0.335 e. The van der Waals surface area contributed by atoms with Crippen molar-refractivity contribution in [3.63, 3.8) is 0 Å². The van der Waals surface area contributed by atoms with E-state index in [9.17, 15) is 15.0 Å². The number of hydrogen-bond donors (Lipinski definition) is 2. The van der Waals surface area contributed by atoms with E-state index in [2.05, 4.69) is 4.74 Å². The molecule has 0 heterocycles. The summed E-state index contributed by atoms with van der Waals surface area (Å²) < 4.78 is 4.38. The number of phenolic OH excluding ortho intramolecular Hbond substituents is 1. The van der Waals surface area contributed by atoms with E-state index in [-0.39, 0.29) is 12.2 Å². The summed E-state index contributed by atoms with van der Waals surface area (Å²) in [5.41, 5.74) is 1.45. The number of aromatic hydroxyl groups is 1. The van der Waals surface area contributed by atoms with Gasteiger partial charge in [-0.25, -0.2) is 4.79 Å². The summed E-state index contributed by atoms with van der Waals surface area (Å²) in [5, 5.41) is 18.9. The quantitative estimate of drug-likeness (QED) is 0.723. The zero-order valence-corrected chi connectivity index (χ0v) is 8.73. The van der Waals surface area contributed by atoms with Crippen molar-refractivity contribution >= 4 is 5.97 Å². The number of ether oxygens (including phenoxy) is 1. The summed E-state index contributed by atoms with van der Waals surface area (Å²) >= 11 is 0. The number of aryl methyl sites for hydroxylation is 1. The minimum atomic E-state index is -1.23. The van der Waals surface area contributed by atoms with Crippen molar-refractivity contribution in [1.82, 2.24) is 0 Å². The Morgan fingerprint density at radius 3 is 2.73 bits per heavy atom. The molecule has 0 aliphatic carbocycles. The largest absolute Gasteiger partial charge is 0.508 e. The normalized spacial score (nSPS) is 12.2. The fourth-order valence-electron chi connectivity index (χ4n) is 1.27. The molecule has 0 saturated carbocycles. The van der Waals surface area contributed by atoms with Crippen molar-refractivity contribution in [1.29, 1.82) is 0 Å². The van der Waals surface area contributed by atoms with Crippen LogP contribution in [0.2, 0.25) is 0 Å². The Labute approximate surface area is 88.1 Å². The molecule has 82 valence electrons. The first-order valence-electron chi connectivity index (χ1n) is 4.59. The molecular formula is C11H14O4. The van der Waals surface area contributed by atoms with Gasteiger partial charge in [0.25, 0.3) is 0 Å². The van der Waals surface area contributed by atoms with Crippen LogP contribution >= 0.6 is 0 Å². The molecule has 0 spiro atoms. The highest BCUT2D eigenvalue weighted by Crippen LogP contribution is 2.20. The van der Waals surface area contributed by atoms with Crippen LogP contribution in [0, 0.1) is 6.92 Å². The van der Waals surface area contributed by atoms with Crippen LogP contribution in [0.15, 0.2) is 18.2 Å². The van der Waals surface area contributed by atoms with Crippen LogP contribution in [-0.4, -0.2) is 29.4 Å². The molecule has 2 N–H and O–H groups in total. The average molecular weight is 210 g/mol. The van der Waals surface area contributed by atoms with Gasteiger partial charge in [-0.15, -0.1) is 0 Å². The molecule has 15 heavy (non-hydrogen) atoms. The van der Waals surface area contributed by atoms with Crippen LogP contribution in [0.5, 0.6) is 5.75 Å². The van der Waals surface area contributed by atoms with Gasteiger partial charge in [-0.05, 0) is 24.1 Å². The summed E-state index contributed by atoms with van der Waals surface area (Å²) in [6, 6.07) is 5.06. The minimum Gasteiger partial charge on any atom is -0.508 e. The van der Waals surface area contributed by atoms with Gasteiger partial charge in [0.1, 0.15) is 5.75 Å². The molecule has 0 bridgehead atoms. The molecule has 0 saturated heterocycles. The summed E-state index contributed by atoms with van der Waals surface area (Å²) in [5.74, 6) is -0.618. The maximum absolute atomic E-state index is 10.9. The van der Waals surface area contributed by atoms with E-state index in [0.717, 1.165) is 5.56 Å². The molecule has 0 fully saturated rings. The third-order valence-corrected chi connectivity index (χ3v) is 2.13. The van der Waals surface area contributed by atoms with E-state index in [1.54, 1.807) is 18.2 Å². The Kier molecular flexibility index (Phi) is 3.68. The van der Waals surface area contributed by atoms with Crippen molar-refractivity contribution in [3.8, 4) is 5.75 Å². The highest BCUT2D eigenvalue weighted by atomic mass is 16.5. The number of hydrogen-bond acceptors (Lipinski definition) is 4. The highest BCUT2D eigenvalue weighted by molar-refractivity contribution is 5.74. The summed E-state index contributed by atoms with van der Waals surface area (Å²) in [6.45, 7) is 1.85. The lowest BCUT2D eigenvalue weighted by atomic mass is 10.0. The average Bonchev–Trinajstić information content (AvgIpc) is 2.20. The van der Waals surface area contributed by atoms with Gasteiger partial charge in [-0.2, -0.15) is 0 Å². The number of aliphatic hydroxyl groups is 1. The fourth-order valence-corrected chi connectivity index (χ4v) is 1.27. The summed E-state index contributed by atoms with van der Waals surface area (Å²) in [7, 11) is 1.21. The van der Waals surface area contributed by atoms with E-state index in [1.165, 1.54) is 7.11 Å². The molecule has 1 rings (SSSR count). The van der Waals surface area contributed by atoms with E-state index < -0.39 is 12.1 Å². The number of carbonyl (C=O) groups excluding carboxylic acids is 1. The first kappa shape index (κ1) is 11.5. The first-order chi connectivity index (χ1) is 7.04. The number of rotatable bonds is 3. The Morgan fingerprint density at radius 1 is 1.53 bits per heavy atom. The van der Waals surface area contributed by atoms with E-state index >= 15 is 0 Å². The number of methoxy groups -OCH3 is 1. The van der Waals surface area contributed by atoms with Crippen molar-refractivity contribution in [2.75, 3.05) is 7.11 Å². The maximum atomic E-state index is 10.9. The predicted octanol–water partition coefficient (Wildman–Crippen LogP) is 0.777. The molecule has 1 aromatic carbocycles. The van der Waals surface area contributed by atoms with Crippen molar-refractivity contribution in [2.24, 2.45) is 0 Å². The molecule has 0 aliphatic rings. The lowest BCUT2D eigenvalue weighted by Gasteiger charge is -2.09. The molecule has 1 aromatic rings. The summed E-state index contributed by atoms with van der Waals surface area (Å²) in [6.07, 6.45) is -1.18. The van der Waals surface area contributed by atoms with Crippen molar-refractivity contribution < 1.29 is 19.7 Å². The zero-order valence-electron chi connectivity index (χ0n) is 8.73. The summed E-state index contributed by atoms with van der Waals surface area (Å²) in [4.78, 5) is 10.9. The molecule has 1 atom stereocenters. The number of phenols is 1. The van der Waals surface area contributed by atoms with Gasteiger partial charge >= 0.3 is 5.97 Å². The molecule has 4 nitrogen and oxygen atoms in total. The van der Waals surface area contributed by atoms with Crippen LogP contribution in [0.1, 0.15) is 11.1 Å². The topological polar surface area (TPSA) is 66.8 Å². The van der Waals surface area contributed by atoms with E-state index in [4.69, 9.17) is 0 Å². The standard InChI is InChI=1S/C11H14O4/c1-7-3-4-8(9(12)5-7)6-10(13)11(14)15-2/h3-5,10,12-13H,6H2,1-2H3. The van der Waals surface area contributed by atoms with Gasteiger partial charge in [-0.3, -0.25) is 0 Å². The lowest BCUT2D eigenvalue weighted by Crippen LogP contribution is -2.24. The molecule has 0 aromatic heterocycles. The van der Waals surface area contributed by atoms with Crippen LogP contribution in [0.3, 0.4) is 0 Å². The zero-order chi connectivity index (χ0) is 11.4. The van der Waals surface area contributed by atoms with Crippen molar-refractivity contribution in [2.45, 2.75) is 19.4 Å². The van der Waals surface area contributed by atoms with E-state index in [0.29, 0.717) is 5.56 Å².